The topological polar surface area (TPSA) is 86.7 Å². The predicted molar refractivity (Wildman–Crippen MR) is 91.2 cm³/mol. The van der Waals surface area contributed by atoms with Crippen molar-refractivity contribution in [1.82, 2.24) is 0 Å². The maximum atomic E-state index is 12.8. The summed E-state index contributed by atoms with van der Waals surface area (Å²) >= 11 is 0. The first-order valence-electron chi connectivity index (χ1n) is 8.24. The average Bonchev–Trinajstić information content (AvgIpc) is 2.62. The van der Waals surface area contributed by atoms with Gasteiger partial charge in [0.2, 0.25) is 9.84 Å². The monoisotopic (exact) mass is 366 g/mol. The van der Waals surface area contributed by atoms with Gasteiger partial charge in [-0.2, -0.15) is 0 Å². The number of hydrogen-bond acceptors (Lipinski definition) is 6. The van der Waals surface area contributed by atoms with Gasteiger partial charge in [0, 0.05) is 4.91 Å². The van der Waals surface area contributed by atoms with Gasteiger partial charge in [0.1, 0.15) is 0 Å². The molecule has 0 radical (unpaired) electrons. The van der Waals surface area contributed by atoms with Crippen LogP contribution >= 0.6 is 0 Å². The lowest BCUT2D eigenvalue weighted by Gasteiger charge is -2.28. The molecule has 0 unspecified atom stereocenters. The Hall–Kier alpha value is -2.15. The number of rotatable bonds is 6. The fourth-order valence-electron chi connectivity index (χ4n) is 2.84. The number of ether oxygens (including phenoxy) is 2. The first kappa shape index (κ1) is 19.2. The van der Waals surface area contributed by atoms with E-state index in [2.05, 4.69) is 0 Å². The van der Waals surface area contributed by atoms with Gasteiger partial charge in [-0.15, -0.1) is 0 Å². The van der Waals surface area contributed by atoms with E-state index in [-0.39, 0.29) is 35.9 Å². The van der Waals surface area contributed by atoms with Gasteiger partial charge in [-0.25, -0.2) is 8.42 Å². The van der Waals surface area contributed by atoms with Crippen LogP contribution in [-0.2, 0) is 28.9 Å². The highest BCUT2D eigenvalue weighted by Crippen LogP contribution is 2.36. The van der Waals surface area contributed by atoms with Gasteiger partial charge in [0.15, 0.2) is 0 Å². The van der Waals surface area contributed by atoms with Crippen molar-refractivity contribution < 1.29 is 27.5 Å². The Bertz CT molecular complexity index is 751. The van der Waals surface area contributed by atoms with Crippen LogP contribution in [0.3, 0.4) is 0 Å². The Kier molecular flexibility index (Phi) is 6.36. The number of esters is 2. The zero-order valence-electron chi connectivity index (χ0n) is 14.3. The Morgan fingerprint density at radius 3 is 2.12 bits per heavy atom. The Morgan fingerprint density at radius 2 is 1.56 bits per heavy atom. The molecule has 136 valence electrons. The molecule has 0 spiro atoms. The van der Waals surface area contributed by atoms with Gasteiger partial charge in [0.05, 0.1) is 29.9 Å². The van der Waals surface area contributed by atoms with Crippen LogP contribution in [0.25, 0.3) is 0 Å². The fraction of sp³-hybridized carbons (Fsp3) is 0.444. The zero-order valence-corrected chi connectivity index (χ0v) is 15.1. The molecule has 0 saturated heterocycles. The van der Waals surface area contributed by atoms with Gasteiger partial charge in [0.25, 0.3) is 0 Å². The number of benzene rings is 1. The molecular weight excluding hydrogens is 344 g/mol. The van der Waals surface area contributed by atoms with Gasteiger partial charge >= 0.3 is 11.9 Å². The van der Waals surface area contributed by atoms with Crippen LogP contribution in [0.15, 0.2) is 46.2 Å². The number of sulfone groups is 1. The molecule has 0 saturated carbocycles. The van der Waals surface area contributed by atoms with Crippen molar-refractivity contribution in [1.29, 1.82) is 0 Å². The van der Waals surface area contributed by atoms with Crippen molar-refractivity contribution in [2.75, 3.05) is 13.2 Å². The van der Waals surface area contributed by atoms with Gasteiger partial charge < -0.3 is 9.47 Å². The van der Waals surface area contributed by atoms with Crippen molar-refractivity contribution in [3.05, 3.63) is 41.3 Å². The van der Waals surface area contributed by atoms with E-state index in [1.54, 1.807) is 32.0 Å². The molecule has 1 aromatic rings. The lowest BCUT2D eigenvalue weighted by Crippen LogP contribution is -2.35. The summed E-state index contributed by atoms with van der Waals surface area (Å²) in [5.74, 6) is -2.67. The lowest BCUT2D eigenvalue weighted by molar-refractivity contribution is -0.160. The minimum absolute atomic E-state index is 0.0699. The first-order chi connectivity index (χ1) is 11.9. The molecule has 1 aromatic carbocycles. The third kappa shape index (κ3) is 4.28. The number of allylic oxidation sites excluding steroid dienone is 2. The fourth-order valence-corrected chi connectivity index (χ4v) is 4.37. The molecule has 0 aromatic heterocycles. The average molecular weight is 366 g/mol. The van der Waals surface area contributed by atoms with Crippen LogP contribution < -0.4 is 0 Å². The standard InChI is InChI=1S/C18H22O6S/c1-3-23-17(19)15-11-10-14(12-16(15)18(20)24-4-2)25(21,22)13-8-6-5-7-9-13/h5-10,15-16H,3-4,11-12H2,1-2H3/t15-,16-/m0/s1. The third-order valence-electron chi connectivity index (χ3n) is 4.08. The van der Waals surface area contributed by atoms with E-state index in [4.69, 9.17) is 9.47 Å². The second-order valence-electron chi connectivity index (χ2n) is 5.64. The first-order valence-corrected chi connectivity index (χ1v) is 9.72. The maximum absolute atomic E-state index is 12.8. The quantitative estimate of drug-likeness (QED) is 0.719. The molecule has 0 N–H and O–H groups in total. The second-order valence-corrected chi connectivity index (χ2v) is 7.65. The summed E-state index contributed by atoms with van der Waals surface area (Å²) in [6.07, 6.45) is 1.57. The van der Waals surface area contributed by atoms with Gasteiger partial charge in [-0.3, -0.25) is 9.59 Å². The maximum Gasteiger partial charge on any atom is 0.310 e. The van der Waals surface area contributed by atoms with E-state index in [9.17, 15) is 18.0 Å². The van der Waals surface area contributed by atoms with Gasteiger partial charge in [-0.1, -0.05) is 24.3 Å². The second kappa shape index (κ2) is 8.29. The summed E-state index contributed by atoms with van der Waals surface area (Å²) in [6, 6.07) is 8.02. The highest BCUT2D eigenvalue weighted by Gasteiger charge is 2.41. The van der Waals surface area contributed by atoms with Crippen LogP contribution in [-0.4, -0.2) is 33.6 Å². The van der Waals surface area contributed by atoms with Crippen molar-refractivity contribution in [2.24, 2.45) is 11.8 Å². The normalized spacial score (nSPS) is 20.5. The summed E-state index contributed by atoms with van der Waals surface area (Å²) in [5, 5.41) is 0. The third-order valence-corrected chi connectivity index (χ3v) is 6.00. The highest BCUT2D eigenvalue weighted by atomic mass is 32.2. The summed E-state index contributed by atoms with van der Waals surface area (Å²) in [4.78, 5) is 24.7. The lowest BCUT2D eigenvalue weighted by atomic mass is 9.83. The Morgan fingerprint density at radius 1 is 1.00 bits per heavy atom. The molecule has 2 rings (SSSR count). The summed E-state index contributed by atoms with van der Waals surface area (Å²) in [7, 11) is -3.70. The highest BCUT2D eigenvalue weighted by molar-refractivity contribution is 7.95. The van der Waals surface area contributed by atoms with Gasteiger partial charge in [-0.05, 0) is 38.8 Å². The Balaban J connectivity index is 2.34. The van der Waals surface area contributed by atoms with Crippen molar-refractivity contribution in [3.8, 4) is 0 Å². The van der Waals surface area contributed by atoms with E-state index >= 15 is 0 Å². The van der Waals surface area contributed by atoms with E-state index in [0.29, 0.717) is 0 Å². The smallest absolute Gasteiger partial charge is 0.310 e. The van der Waals surface area contributed by atoms with Crippen molar-refractivity contribution in [2.45, 2.75) is 31.6 Å². The molecule has 0 fully saturated rings. The van der Waals surface area contributed by atoms with E-state index in [1.807, 2.05) is 0 Å². The molecule has 6 nitrogen and oxygen atoms in total. The molecule has 0 amide bonds. The molecule has 7 heteroatoms. The van der Waals surface area contributed by atoms with Crippen LogP contribution in [0.5, 0.6) is 0 Å². The van der Waals surface area contributed by atoms with E-state index in [1.165, 1.54) is 18.2 Å². The minimum atomic E-state index is -3.70. The number of carbonyl (C=O) groups excluding carboxylic acids is 2. The molecule has 2 atom stereocenters. The predicted octanol–water partition coefficient (Wildman–Crippen LogP) is 2.50. The van der Waals surface area contributed by atoms with E-state index < -0.39 is 33.6 Å². The van der Waals surface area contributed by atoms with Crippen molar-refractivity contribution >= 4 is 21.8 Å². The van der Waals surface area contributed by atoms with Crippen LogP contribution in [0.1, 0.15) is 26.7 Å². The molecule has 0 heterocycles. The van der Waals surface area contributed by atoms with Crippen LogP contribution in [0.4, 0.5) is 0 Å². The molecule has 0 bridgehead atoms. The molecule has 25 heavy (non-hydrogen) atoms. The Labute approximate surface area is 147 Å². The van der Waals surface area contributed by atoms with Crippen LogP contribution in [0.2, 0.25) is 0 Å². The minimum Gasteiger partial charge on any atom is -0.466 e. The summed E-state index contributed by atoms with van der Waals surface area (Å²) < 4.78 is 35.6. The zero-order chi connectivity index (χ0) is 18.4. The molecule has 0 aliphatic heterocycles. The summed E-state index contributed by atoms with van der Waals surface area (Å²) in [6.45, 7) is 3.71. The number of carbonyl (C=O) groups is 2. The SMILES string of the molecule is CCOC(=O)[C@H]1CC=C(S(=O)(=O)c2ccccc2)C[C@@H]1C(=O)OCC. The van der Waals surface area contributed by atoms with Crippen molar-refractivity contribution in [3.63, 3.8) is 0 Å². The largest absolute Gasteiger partial charge is 0.466 e. The molecular formula is C18H22O6S. The van der Waals surface area contributed by atoms with E-state index in [0.717, 1.165) is 0 Å². The molecule has 1 aliphatic rings. The van der Waals surface area contributed by atoms with Crippen LogP contribution in [0, 0.1) is 11.8 Å². The molecule has 1 aliphatic carbocycles. The number of hydrogen-bond donors (Lipinski definition) is 0. The summed E-state index contributed by atoms with van der Waals surface area (Å²) in [5.41, 5.74) is 0.